The zero-order valence-electron chi connectivity index (χ0n) is 22.3. The number of aliphatic carboxylic acids is 2. The van der Waals surface area contributed by atoms with Crippen molar-refractivity contribution >= 4 is 29.7 Å². The summed E-state index contributed by atoms with van der Waals surface area (Å²) in [5, 5.41) is 35.5. The molecule has 14 heteroatoms. The van der Waals surface area contributed by atoms with Gasteiger partial charge in [-0.15, -0.1) is 0 Å². The molecule has 0 aliphatic rings. The fourth-order valence-corrected chi connectivity index (χ4v) is 3.83. The summed E-state index contributed by atoms with van der Waals surface area (Å²) in [7, 11) is 0. The second kappa shape index (κ2) is 15.2. The Balaban J connectivity index is 2.20. The minimum atomic E-state index is -1.39. The van der Waals surface area contributed by atoms with Crippen molar-refractivity contribution in [1.29, 1.82) is 0 Å². The summed E-state index contributed by atoms with van der Waals surface area (Å²) >= 11 is 0. The normalized spacial score (nSPS) is 14.7. The molecule has 14 nitrogen and oxygen atoms in total. The molecule has 0 aliphatic carbocycles. The molecule has 0 spiro atoms. The van der Waals surface area contributed by atoms with Crippen molar-refractivity contribution in [1.82, 2.24) is 25.9 Å². The molecule has 0 fully saturated rings. The van der Waals surface area contributed by atoms with E-state index in [1.807, 2.05) is 0 Å². The second-order valence-electron chi connectivity index (χ2n) is 9.52. The predicted octanol–water partition coefficient (Wildman–Crippen LogP) is -0.322. The molecule has 0 saturated carbocycles. The number of carbonyl (C=O) groups excluding carboxylic acids is 3. The first-order valence-corrected chi connectivity index (χ1v) is 12.8. The molecule has 5 unspecified atom stereocenters. The highest BCUT2D eigenvalue weighted by atomic mass is 16.4. The molecule has 0 bridgehead atoms. The minimum absolute atomic E-state index is 0.0541. The van der Waals surface area contributed by atoms with Gasteiger partial charge in [0, 0.05) is 24.7 Å². The van der Waals surface area contributed by atoms with Gasteiger partial charge in [-0.1, -0.05) is 32.4 Å². The zero-order valence-corrected chi connectivity index (χ0v) is 22.3. The van der Waals surface area contributed by atoms with Crippen LogP contribution in [0, 0.1) is 5.92 Å². The molecule has 9 N–H and O–H groups in total. The van der Waals surface area contributed by atoms with Crippen LogP contribution in [0.3, 0.4) is 0 Å². The number of nitrogens with two attached hydrogens (primary N) is 1. The van der Waals surface area contributed by atoms with E-state index in [0.29, 0.717) is 17.7 Å². The maximum absolute atomic E-state index is 13.3. The summed E-state index contributed by atoms with van der Waals surface area (Å²) in [5.41, 5.74) is 7.22. The number of H-pyrrole nitrogens is 1. The first-order valence-electron chi connectivity index (χ1n) is 12.8. The van der Waals surface area contributed by atoms with Crippen molar-refractivity contribution in [2.45, 2.75) is 70.1 Å². The van der Waals surface area contributed by atoms with Gasteiger partial charge in [-0.05, 0) is 36.5 Å². The van der Waals surface area contributed by atoms with Gasteiger partial charge in [-0.3, -0.25) is 19.2 Å². The largest absolute Gasteiger partial charge is 0.508 e. The lowest BCUT2D eigenvalue weighted by atomic mass is 9.98. The molecule has 1 aromatic heterocycles. The van der Waals surface area contributed by atoms with Crippen LogP contribution in [0.1, 0.15) is 44.4 Å². The number of aromatic amines is 1. The highest BCUT2D eigenvalue weighted by molar-refractivity contribution is 5.94. The number of rotatable bonds is 16. The van der Waals surface area contributed by atoms with E-state index >= 15 is 0 Å². The topological polar surface area (TPSA) is 237 Å². The van der Waals surface area contributed by atoms with Crippen LogP contribution >= 0.6 is 0 Å². The third kappa shape index (κ3) is 10.0. The molecule has 0 aliphatic heterocycles. The monoisotopic (exact) mass is 560 g/mol. The molecule has 1 aromatic carbocycles. The fourth-order valence-electron chi connectivity index (χ4n) is 3.83. The number of imidazole rings is 1. The van der Waals surface area contributed by atoms with Crippen LogP contribution in [0.25, 0.3) is 0 Å². The van der Waals surface area contributed by atoms with Crippen LogP contribution in [0.15, 0.2) is 36.8 Å². The highest BCUT2D eigenvalue weighted by Crippen LogP contribution is 2.12. The van der Waals surface area contributed by atoms with Crippen molar-refractivity contribution in [2.75, 3.05) is 0 Å². The number of nitrogens with zero attached hydrogens (tertiary/aromatic N) is 1. The number of phenols is 1. The molecule has 1 heterocycles. The molecule has 3 amide bonds. The van der Waals surface area contributed by atoms with Gasteiger partial charge in [0.25, 0.3) is 0 Å². The lowest BCUT2D eigenvalue weighted by Gasteiger charge is -2.26. The van der Waals surface area contributed by atoms with Gasteiger partial charge >= 0.3 is 11.9 Å². The average molecular weight is 561 g/mol. The van der Waals surface area contributed by atoms with Crippen molar-refractivity contribution in [3.05, 3.63) is 48.0 Å². The van der Waals surface area contributed by atoms with Crippen molar-refractivity contribution in [2.24, 2.45) is 11.7 Å². The Morgan fingerprint density at radius 2 is 1.57 bits per heavy atom. The highest BCUT2D eigenvalue weighted by Gasteiger charge is 2.32. The third-order valence-corrected chi connectivity index (χ3v) is 6.40. The molecule has 218 valence electrons. The molecule has 0 saturated heterocycles. The van der Waals surface area contributed by atoms with Gasteiger partial charge in [-0.25, -0.2) is 9.78 Å². The van der Waals surface area contributed by atoms with Crippen LogP contribution in [0.5, 0.6) is 5.75 Å². The summed E-state index contributed by atoms with van der Waals surface area (Å²) in [5.74, 6) is -5.19. The molecule has 40 heavy (non-hydrogen) atoms. The fraction of sp³-hybridized carbons (Fsp3) is 0.462. The molecule has 5 atom stereocenters. The van der Waals surface area contributed by atoms with Gasteiger partial charge in [-0.2, -0.15) is 0 Å². The summed E-state index contributed by atoms with van der Waals surface area (Å²) in [6.07, 6.45) is 2.54. The van der Waals surface area contributed by atoms with Crippen LogP contribution in [-0.2, 0) is 36.8 Å². The Kier molecular flexibility index (Phi) is 12.1. The number of amides is 3. The molecule has 2 aromatic rings. The summed E-state index contributed by atoms with van der Waals surface area (Å²) in [6.45, 7) is 3.40. The van der Waals surface area contributed by atoms with Gasteiger partial charge in [0.2, 0.25) is 17.7 Å². The number of aromatic nitrogens is 2. The van der Waals surface area contributed by atoms with E-state index < -0.39 is 66.2 Å². The maximum Gasteiger partial charge on any atom is 0.326 e. The van der Waals surface area contributed by atoms with Crippen LogP contribution in [0.4, 0.5) is 0 Å². The number of phenolic OH excluding ortho intramolecular Hbond substituents is 1. The van der Waals surface area contributed by atoms with Gasteiger partial charge in [0.15, 0.2) is 0 Å². The minimum Gasteiger partial charge on any atom is -0.508 e. The van der Waals surface area contributed by atoms with E-state index in [1.165, 1.54) is 24.7 Å². The number of carboxylic acid groups (broad SMARTS) is 2. The lowest BCUT2D eigenvalue weighted by molar-refractivity contribution is -0.144. The molecular formula is C26H36N6O8. The van der Waals surface area contributed by atoms with E-state index in [2.05, 4.69) is 25.9 Å². The molecule has 2 rings (SSSR count). The lowest BCUT2D eigenvalue weighted by Crippen LogP contribution is -2.58. The van der Waals surface area contributed by atoms with Gasteiger partial charge in [0.1, 0.15) is 23.9 Å². The smallest absolute Gasteiger partial charge is 0.326 e. The Morgan fingerprint density at radius 1 is 0.950 bits per heavy atom. The Hall–Kier alpha value is -4.46. The Bertz CT molecular complexity index is 1150. The van der Waals surface area contributed by atoms with Gasteiger partial charge < -0.3 is 42.0 Å². The summed E-state index contributed by atoms with van der Waals surface area (Å²) in [6, 6.07) is 1.18. The second-order valence-corrected chi connectivity index (χ2v) is 9.52. The number of carbonyl (C=O) groups is 5. The Morgan fingerprint density at radius 3 is 2.12 bits per heavy atom. The summed E-state index contributed by atoms with van der Waals surface area (Å²) < 4.78 is 0. The number of nitrogens with one attached hydrogen (secondary N) is 4. The van der Waals surface area contributed by atoms with Gasteiger partial charge in [0.05, 0.1) is 12.4 Å². The number of benzene rings is 1. The van der Waals surface area contributed by atoms with Crippen LogP contribution in [-0.4, -0.2) is 79.1 Å². The maximum atomic E-state index is 13.3. The number of hydrogen-bond donors (Lipinski definition) is 8. The quantitative estimate of drug-likeness (QED) is 0.133. The standard InChI is InChI=1S/C26H36N6O8/c1-3-14(2)22(26(39)40)32-24(37)19(8-9-21(34)35)30-25(38)20(11-16-12-28-13-29-16)31-23(36)18(27)10-15-4-6-17(33)7-5-15/h4-7,12-14,18-20,22,33H,3,8-11,27H2,1-2H3,(H,28,29)(H,30,38)(H,31,36)(H,32,37)(H,34,35)(H,39,40). The van der Waals surface area contributed by atoms with Crippen LogP contribution in [0.2, 0.25) is 0 Å². The molecular weight excluding hydrogens is 524 g/mol. The molecule has 0 radical (unpaired) electrons. The zero-order chi connectivity index (χ0) is 29.8. The predicted molar refractivity (Wildman–Crippen MR) is 142 cm³/mol. The van der Waals surface area contributed by atoms with Crippen molar-refractivity contribution < 1.29 is 39.3 Å². The van der Waals surface area contributed by atoms with E-state index in [1.54, 1.807) is 26.0 Å². The first-order chi connectivity index (χ1) is 18.9. The van der Waals surface area contributed by atoms with E-state index in [9.17, 15) is 34.2 Å². The van der Waals surface area contributed by atoms with E-state index in [-0.39, 0.29) is 25.0 Å². The third-order valence-electron chi connectivity index (χ3n) is 6.40. The average Bonchev–Trinajstić information content (AvgIpc) is 3.42. The van der Waals surface area contributed by atoms with Crippen LogP contribution < -0.4 is 21.7 Å². The Labute approximate surface area is 230 Å². The number of carboxylic acids is 2. The first kappa shape index (κ1) is 31.8. The van der Waals surface area contributed by atoms with Crippen molar-refractivity contribution in [3.8, 4) is 5.75 Å². The SMILES string of the molecule is CCC(C)C(NC(=O)C(CCC(=O)O)NC(=O)C(Cc1cnc[nH]1)NC(=O)C(N)Cc1ccc(O)cc1)C(=O)O. The van der Waals surface area contributed by atoms with Crippen molar-refractivity contribution in [3.63, 3.8) is 0 Å². The van der Waals surface area contributed by atoms with E-state index in [0.717, 1.165) is 0 Å². The summed E-state index contributed by atoms with van der Waals surface area (Å²) in [4.78, 5) is 68.8. The van der Waals surface area contributed by atoms with E-state index in [4.69, 9.17) is 10.8 Å². The number of hydrogen-bond acceptors (Lipinski definition) is 8. The number of aromatic hydroxyl groups is 1.